The summed E-state index contributed by atoms with van der Waals surface area (Å²) in [4.78, 5) is 14.7. The maximum absolute atomic E-state index is 12.6. The van der Waals surface area contributed by atoms with Crippen molar-refractivity contribution < 1.29 is 4.79 Å². The van der Waals surface area contributed by atoms with Gasteiger partial charge in [0.2, 0.25) is 5.91 Å². The Bertz CT molecular complexity index is 1070. The van der Waals surface area contributed by atoms with E-state index < -0.39 is 0 Å². The zero-order chi connectivity index (χ0) is 19.3. The van der Waals surface area contributed by atoms with Crippen LogP contribution in [0.25, 0.3) is 10.8 Å². The van der Waals surface area contributed by atoms with Crippen molar-refractivity contribution in [3.63, 3.8) is 0 Å². The van der Waals surface area contributed by atoms with E-state index >= 15 is 0 Å². The van der Waals surface area contributed by atoms with Crippen molar-refractivity contribution in [3.8, 4) is 0 Å². The molecule has 28 heavy (non-hydrogen) atoms. The molecule has 0 unspecified atom stereocenters. The van der Waals surface area contributed by atoms with Gasteiger partial charge in [0, 0.05) is 24.2 Å². The van der Waals surface area contributed by atoms with Gasteiger partial charge in [0.15, 0.2) is 0 Å². The fourth-order valence-corrected chi connectivity index (χ4v) is 5.05. The third kappa shape index (κ3) is 2.86. The predicted octanol–water partition coefficient (Wildman–Crippen LogP) is 5.68. The monoisotopic (exact) mass is 370 g/mol. The summed E-state index contributed by atoms with van der Waals surface area (Å²) in [5, 5.41) is 6.32. The van der Waals surface area contributed by atoms with Gasteiger partial charge in [-0.15, -0.1) is 0 Å². The largest absolute Gasteiger partial charge is 0.378 e. The Balaban J connectivity index is 1.59. The lowest BCUT2D eigenvalue weighted by Gasteiger charge is -2.39. The van der Waals surface area contributed by atoms with Crippen molar-refractivity contribution in [2.45, 2.75) is 45.2 Å². The highest BCUT2D eigenvalue weighted by molar-refractivity contribution is 5.83. The number of hydrogen-bond acceptors (Lipinski definition) is 2. The average molecular weight is 370 g/mol. The van der Waals surface area contributed by atoms with Gasteiger partial charge in [-0.2, -0.15) is 0 Å². The highest BCUT2D eigenvalue weighted by Crippen LogP contribution is 2.45. The van der Waals surface area contributed by atoms with Gasteiger partial charge < -0.3 is 10.2 Å². The first-order valence-corrected chi connectivity index (χ1v) is 10.3. The maximum atomic E-state index is 12.6. The van der Waals surface area contributed by atoms with Gasteiger partial charge in [-0.1, -0.05) is 42.5 Å². The van der Waals surface area contributed by atoms with E-state index in [1.807, 2.05) is 0 Å². The summed E-state index contributed by atoms with van der Waals surface area (Å²) < 4.78 is 0. The Morgan fingerprint density at radius 1 is 1.00 bits per heavy atom. The number of nitrogens with zero attached hydrogens (tertiary/aromatic N) is 1. The molecule has 3 heteroatoms. The lowest BCUT2D eigenvalue weighted by Crippen LogP contribution is -2.36. The summed E-state index contributed by atoms with van der Waals surface area (Å²) in [7, 11) is 0. The van der Waals surface area contributed by atoms with Crippen LogP contribution in [0.5, 0.6) is 0 Å². The summed E-state index contributed by atoms with van der Waals surface area (Å²) in [6, 6.07) is 20.1. The quantitative estimate of drug-likeness (QED) is 0.630. The molecule has 142 valence electrons. The van der Waals surface area contributed by atoms with Gasteiger partial charge in [-0.05, 0) is 66.3 Å². The minimum Gasteiger partial charge on any atom is -0.378 e. The van der Waals surface area contributed by atoms with E-state index in [-0.39, 0.29) is 12.1 Å². The van der Waals surface area contributed by atoms with Gasteiger partial charge >= 0.3 is 0 Å². The number of benzene rings is 3. The molecule has 2 heterocycles. The van der Waals surface area contributed by atoms with Crippen molar-refractivity contribution in [1.29, 1.82) is 0 Å². The Morgan fingerprint density at radius 3 is 2.61 bits per heavy atom. The van der Waals surface area contributed by atoms with Crippen LogP contribution < -0.4 is 5.32 Å². The second kappa shape index (κ2) is 6.66. The first-order chi connectivity index (χ1) is 13.6. The first-order valence-electron chi connectivity index (χ1n) is 10.3. The van der Waals surface area contributed by atoms with E-state index in [4.69, 9.17) is 0 Å². The topological polar surface area (TPSA) is 32.3 Å². The summed E-state index contributed by atoms with van der Waals surface area (Å²) in [6.45, 7) is 5.20. The molecule has 3 aromatic rings. The number of aryl methyl sites for hydroxylation is 2. The van der Waals surface area contributed by atoms with Crippen LogP contribution in [0.2, 0.25) is 0 Å². The molecule has 0 radical (unpaired) electrons. The van der Waals surface area contributed by atoms with Gasteiger partial charge in [0.05, 0.1) is 12.1 Å². The highest BCUT2D eigenvalue weighted by Gasteiger charge is 2.36. The van der Waals surface area contributed by atoms with Crippen molar-refractivity contribution >= 4 is 22.4 Å². The molecule has 1 saturated heterocycles. The van der Waals surface area contributed by atoms with E-state index in [1.54, 1.807) is 0 Å². The zero-order valence-corrected chi connectivity index (χ0v) is 16.5. The fraction of sp³-hybridized carbons (Fsp3) is 0.320. The zero-order valence-electron chi connectivity index (χ0n) is 16.5. The van der Waals surface area contributed by atoms with Crippen molar-refractivity contribution in [2.75, 3.05) is 11.9 Å². The molecule has 2 aliphatic rings. The minimum atomic E-state index is 0.156. The molecule has 0 bridgehead atoms. The molecule has 0 aromatic heterocycles. The van der Waals surface area contributed by atoms with Crippen LogP contribution in [0, 0.1) is 13.8 Å². The second-order valence-corrected chi connectivity index (χ2v) is 8.29. The lowest BCUT2D eigenvalue weighted by atomic mass is 9.85. The molecule has 1 amide bonds. The maximum Gasteiger partial charge on any atom is 0.223 e. The standard InChI is InChI=1S/C25H26N2O/c1-16-12-17(2)25-22(13-16)26-21(15-23(25)27-11-5-8-24(27)28)20-10-9-18-6-3-4-7-19(18)14-20/h3-4,6-7,9-10,12-14,21,23,26H,5,8,11,15H2,1-2H3/t21-,23-/m0/s1. The molecule has 0 spiro atoms. The molecule has 0 aliphatic carbocycles. The molecule has 2 aliphatic heterocycles. The molecule has 1 fully saturated rings. The van der Waals surface area contributed by atoms with E-state index in [0.717, 1.165) is 19.4 Å². The highest BCUT2D eigenvalue weighted by atomic mass is 16.2. The van der Waals surface area contributed by atoms with Crippen LogP contribution in [0.4, 0.5) is 5.69 Å². The molecule has 1 N–H and O–H groups in total. The third-order valence-corrected chi connectivity index (χ3v) is 6.32. The van der Waals surface area contributed by atoms with Crippen LogP contribution in [0.15, 0.2) is 54.6 Å². The number of carbonyl (C=O) groups excluding carboxylic acids is 1. The van der Waals surface area contributed by atoms with E-state index in [1.165, 1.54) is 38.7 Å². The lowest BCUT2D eigenvalue weighted by molar-refractivity contribution is -0.130. The summed E-state index contributed by atoms with van der Waals surface area (Å²) in [5.74, 6) is 0.301. The molecular formula is C25H26N2O. The Hall–Kier alpha value is -2.81. The van der Waals surface area contributed by atoms with E-state index in [9.17, 15) is 4.79 Å². The molecule has 2 atom stereocenters. The van der Waals surface area contributed by atoms with Gasteiger partial charge in [-0.25, -0.2) is 0 Å². The smallest absolute Gasteiger partial charge is 0.223 e. The second-order valence-electron chi connectivity index (χ2n) is 8.29. The Morgan fingerprint density at radius 2 is 1.82 bits per heavy atom. The average Bonchev–Trinajstić information content (AvgIpc) is 3.12. The van der Waals surface area contributed by atoms with Crippen LogP contribution in [0.3, 0.4) is 0 Å². The Kier molecular flexibility index (Phi) is 4.12. The van der Waals surface area contributed by atoms with Crippen molar-refractivity contribution in [3.05, 3.63) is 76.9 Å². The minimum absolute atomic E-state index is 0.156. The van der Waals surface area contributed by atoms with Crippen LogP contribution >= 0.6 is 0 Å². The normalized spacial score (nSPS) is 21.6. The van der Waals surface area contributed by atoms with Crippen molar-refractivity contribution in [2.24, 2.45) is 0 Å². The number of hydrogen-bond donors (Lipinski definition) is 1. The van der Waals surface area contributed by atoms with E-state index in [2.05, 4.69) is 78.7 Å². The van der Waals surface area contributed by atoms with Crippen LogP contribution in [-0.4, -0.2) is 17.4 Å². The van der Waals surface area contributed by atoms with Crippen LogP contribution in [-0.2, 0) is 4.79 Å². The number of nitrogens with one attached hydrogen (secondary N) is 1. The number of fused-ring (bicyclic) bond motifs is 2. The summed E-state index contributed by atoms with van der Waals surface area (Å²) in [6.07, 6.45) is 2.58. The van der Waals surface area contributed by atoms with Crippen molar-refractivity contribution in [1.82, 2.24) is 4.90 Å². The SMILES string of the molecule is Cc1cc(C)c2c(c1)N[C@H](c1ccc3ccccc3c1)C[C@@H]2N1CCCC1=O. The number of anilines is 1. The molecular weight excluding hydrogens is 344 g/mol. The number of likely N-dealkylation sites (tertiary alicyclic amines) is 1. The number of carbonyl (C=O) groups is 1. The van der Waals surface area contributed by atoms with Gasteiger partial charge in [-0.3, -0.25) is 4.79 Å². The Labute approximate surface area is 166 Å². The predicted molar refractivity (Wildman–Crippen MR) is 115 cm³/mol. The molecule has 5 rings (SSSR count). The number of amides is 1. The third-order valence-electron chi connectivity index (χ3n) is 6.32. The molecule has 0 saturated carbocycles. The first kappa shape index (κ1) is 17.3. The van der Waals surface area contributed by atoms with E-state index in [0.29, 0.717) is 12.3 Å². The summed E-state index contributed by atoms with van der Waals surface area (Å²) in [5.41, 5.74) is 6.32. The fourth-order valence-electron chi connectivity index (χ4n) is 5.05. The molecule has 3 nitrogen and oxygen atoms in total. The number of rotatable bonds is 2. The van der Waals surface area contributed by atoms with Gasteiger partial charge in [0.1, 0.15) is 0 Å². The van der Waals surface area contributed by atoms with Gasteiger partial charge in [0.25, 0.3) is 0 Å². The summed E-state index contributed by atoms with van der Waals surface area (Å²) >= 11 is 0. The molecule has 3 aromatic carbocycles. The van der Waals surface area contributed by atoms with Crippen LogP contribution in [0.1, 0.15) is 53.6 Å².